The zero-order chi connectivity index (χ0) is 32.4. The van der Waals surface area contributed by atoms with Gasteiger partial charge in [-0.1, -0.05) is 48.5 Å². The van der Waals surface area contributed by atoms with Gasteiger partial charge in [-0.3, -0.25) is 9.80 Å². The monoisotopic (exact) mass is 956 g/mol. The van der Waals surface area contributed by atoms with E-state index in [0.29, 0.717) is 0 Å². The molecule has 0 aliphatic heterocycles. The van der Waals surface area contributed by atoms with Crippen LogP contribution in [0, 0.1) is 0 Å². The summed E-state index contributed by atoms with van der Waals surface area (Å²) in [6.45, 7) is 0.528. The van der Waals surface area contributed by atoms with Crippen LogP contribution in [-0.4, -0.2) is 116 Å². The third kappa shape index (κ3) is 47.2. The molecule has 0 amide bonds. The van der Waals surface area contributed by atoms with E-state index >= 15 is 0 Å². The standard InChI is InChI=1S/C23H25N2O9.C3H6O.CH2O3.2Cu.3K.7H2O/c26-17(11-24(13-20(27)28)9-15-5-1-3-7-18(15)22(31)32)12-25(14-21(29)30)10-16-6-2-4-8-19(16)23(33)34;1-3(2)4;2-1(3)4;;;;;;;;;;;;/h1-8,17H,9-14H2,(H,27,28)(H,29,30)(H,31,32)(H,33,34);1-2H3;(H2,2,3,4);;;;;;7*1H2/q-1;;;2*+2;3*+1;;;;;;;/p-6. The summed E-state index contributed by atoms with van der Waals surface area (Å²) in [6.07, 6.45) is -3.87. The Labute approximate surface area is 458 Å². The van der Waals surface area contributed by atoms with Crippen molar-refractivity contribution in [2.75, 3.05) is 26.2 Å². The summed E-state index contributed by atoms with van der Waals surface area (Å²) in [5, 5.41) is 74.4. The van der Waals surface area contributed by atoms with Crippen LogP contribution in [0.5, 0.6) is 0 Å². The maximum atomic E-state index is 12.8. The molecular weight excluding hydrogens is 917 g/mol. The molecule has 0 spiro atoms. The number of carbonyl (C=O) groups is 6. The summed E-state index contributed by atoms with van der Waals surface area (Å²) in [6, 6.07) is 11.5. The van der Waals surface area contributed by atoms with E-state index in [1.807, 2.05) is 0 Å². The predicted octanol–water partition coefficient (Wildman–Crippen LogP) is -21.7. The van der Waals surface area contributed by atoms with Crippen LogP contribution in [0.1, 0.15) is 45.7 Å². The van der Waals surface area contributed by atoms with Gasteiger partial charge >= 0.3 is 188 Å². The molecule has 2 aromatic carbocycles. The van der Waals surface area contributed by atoms with Gasteiger partial charge in [-0.25, -0.2) is 0 Å². The number of hydrogen-bond acceptors (Lipinski definition) is 15. The second-order valence-electron chi connectivity index (χ2n) is 8.75. The fourth-order valence-electron chi connectivity index (χ4n) is 3.57. The third-order valence-electron chi connectivity index (χ3n) is 4.89. The molecule has 0 heterocycles. The zero-order valence-corrected chi connectivity index (χ0v) is 41.0. The molecule has 2 rings (SSSR count). The molecule has 0 fully saturated rings. The molecule has 22 nitrogen and oxygen atoms in total. The first-order valence-corrected chi connectivity index (χ1v) is 12.0. The number of aromatic carboxylic acids is 2. The molecule has 14 N–H and O–H groups in total. The molecule has 0 atom stereocenters. The van der Waals surface area contributed by atoms with Gasteiger partial charge in [0, 0.05) is 37.3 Å². The topological polar surface area (TPSA) is 491 Å². The fourth-order valence-corrected chi connectivity index (χ4v) is 3.57. The van der Waals surface area contributed by atoms with Crippen molar-refractivity contribution >= 4 is 35.8 Å². The maximum Gasteiger partial charge on any atom is 2.00 e. The smallest absolute Gasteiger partial charge is 0.850 e. The van der Waals surface area contributed by atoms with E-state index in [2.05, 4.69) is 0 Å². The van der Waals surface area contributed by atoms with Gasteiger partial charge in [0.1, 0.15) is 5.78 Å². The Bertz CT molecular complexity index is 1170. The summed E-state index contributed by atoms with van der Waals surface area (Å²) in [5.41, 5.74) is 0.132. The number of carboxylic acid groups (broad SMARTS) is 6. The van der Waals surface area contributed by atoms with E-state index < -0.39 is 49.2 Å². The van der Waals surface area contributed by atoms with E-state index in [-0.39, 0.29) is 281 Å². The number of nitrogens with zero attached hydrogens (tertiary/aromatic N) is 2. The molecule has 2 radical (unpaired) electrons. The fraction of sp³-hybridized carbons (Fsp3) is 0.333. The number of ketones is 1. The minimum Gasteiger partial charge on any atom is -0.850 e. The largest absolute Gasteiger partial charge is 2.00 e. The zero-order valence-electron chi connectivity index (χ0n) is 29.7. The number of carboxylic acids is 4. The van der Waals surface area contributed by atoms with Crippen LogP contribution in [0.3, 0.4) is 0 Å². The Morgan fingerprint density at radius 1 is 0.537 bits per heavy atom. The van der Waals surface area contributed by atoms with Crippen LogP contribution >= 0.6 is 0 Å². The molecular formula is C27H41Cu2K3N2O20. The van der Waals surface area contributed by atoms with Crippen LogP contribution < -0.4 is 190 Å². The van der Waals surface area contributed by atoms with E-state index in [1.54, 1.807) is 12.1 Å². The van der Waals surface area contributed by atoms with Crippen LogP contribution in [0.25, 0.3) is 0 Å². The summed E-state index contributed by atoms with van der Waals surface area (Å²) in [5.74, 6) is -5.75. The normalized spacial score (nSPS) is 7.96. The molecule has 27 heteroatoms. The molecule has 0 bridgehead atoms. The molecule has 0 aromatic heterocycles. The summed E-state index contributed by atoms with van der Waals surface area (Å²) < 4.78 is 0. The van der Waals surface area contributed by atoms with Crippen molar-refractivity contribution in [1.82, 2.24) is 9.80 Å². The number of carbonyl (C=O) groups excluding carboxylic acids is 6. The van der Waals surface area contributed by atoms with Gasteiger partial charge in [0.25, 0.3) is 0 Å². The minimum atomic E-state index is -2.33. The van der Waals surface area contributed by atoms with Gasteiger partial charge in [0.2, 0.25) is 0 Å². The molecule has 304 valence electrons. The second kappa shape index (κ2) is 51.8. The minimum absolute atomic E-state index is 0. The number of Topliss-reactive ketones (excluding diaryl/α,β-unsaturated/α-hetero) is 1. The number of aliphatic carboxylic acids is 2. The molecule has 0 saturated carbocycles. The Hall–Kier alpha value is 0.808. The Morgan fingerprint density at radius 3 is 0.963 bits per heavy atom. The molecule has 0 unspecified atom stereocenters. The third-order valence-corrected chi connectivity index (χ3v) is 4.89. The van der Waals surface area contributed by atoms with Crippen LogP contribution in [0.15, 0.2) is 48.5 Å². The van der Waals surface area contributed by atoms with Gasteiger partial charge in [0.05, 0.1) is 23.9 Å². The van der Waals surface area contributed by atoms with Crippen molar-refractivity contribution in [3.63, 3.8) is 0 Å². The maximum absolute atomic E-state index is 12.8. The van der Waals surface area contributed by atoms with Crippen molar-refractivity contribution in [3.8, 4) is 0 Å². The quantitative estimate of drug-likeness (QED) is 0.159. The van der Waals surface area contributed by atoms with E-state index in [9.17, 15) is 49.5 Å². The van der Waals surface area contributed by atoms with Gasteiger partial charge in [0.15, 0.2) is 0 Å². The van der Waals surface area contributed by atoms with E-state index in [4.69, 9.17) is 15.0 Å². The Balaban J connectivity index is -0.0000000697. The molecule has 0 saturated heterocycles. The summed E-state index contributed by atoms with van der Waals surface area (Å²) >= 11 is 0. The second-order valence-corrected chi connectivity index (χ2v) is 8.75. The average molecular weight is 958 g/mol. The Kier molecular flexibility index (Phi) is 87.1. The van der Waals surface area contributed by atoms with E-state index in [0.717, 1.165) is 0 Å². The average Bonchev–Trinajstić information content (AvgIpc) is 2.82. The van der Waals surface area contributed by atoms with Gasteiger partial charge in [-0.2, -0.15) is 0 Å². The van der Waals surface area contributed by atoms with Crippen molar-refractivity contribution < 1.29 is 291 Å². The molecule has 54 heavy (non-hydrogen) atoms. The van der Waals surface area contributed by atoms with Gasteiger partial charge < -0.3 is 103 Å². The van der Waals surface area contributed by atoms with Crippen molar-refractivity contribution in [2.45, 2.75) is 33.0 Å². The predicted molar refractivity (Wildman–Crippen MR) is 153 cm³/mol. The van der Waals surface area contributed by atoms with Crippen molar-refractivity contribution in [3.05, 3.63) is 70.8 Å². The summed E-state index contributed by atoms with van der Waals surface area (Å²) in [7, 11) is 0. The number of rotatable bonds is 14. The van der Waals surface area contributed by atoms with Gasteiger partial charge in [-0.05, 0) is 44.2 Å². The van der Waals surface area contributed by atoms with Crippen LogP contribution in [0.4, 0.5) is 4.79 Å². The molecule has 2 aromatic rings. The number of benzene rings is 2. The van der Waals surface area contributed by atoms with E-state index in [1.165, 1.54) is 60.0 Å². The summed E-state index contributed by atoms with van der Waals surface area (Å²) in [4.78, 5) is 65.1. The first kappa shape index (κ1) is 90.8. The first-order valence-electron chi connectivity index (χ1n) is 12.0. The van der Waals surface area contributed by atoms with Crippen LogP contribution in [0.2, 0.25) is 0 Å². The number of hydrogen-bond donors (Lipinski definition) is 0. The van der Waals surface area contributed by atoms with Gasteiger partial charge in [-0.15, -0.1) is 6.10 Å². The SMILES string of the molecule is CC(C)=O.O.O.O.O.O.O.O.O=C([O-])CN(Cc1ccccc1C(=O)[O-])CC([O-])CN(CC(=O)[O-])Cc1ccccc1C(=O)[O-].O=C([O-])[O-].[Cu+2].[Cu+2].[K+].[K+].[K+]. The molecule has 0 aliphatic carbocycles. The molecule has 0 aliphatic rings. The van der Waals surface area contributed by atoms with Crippen LogP contribution in [-0.2, 0) is 61.6 Å². The Morgan fingerprint density at radius 2 is 0.759 bits per heavy atom. The van der Waals surface area contributed by atoms with Crippen molar-refractivity contribution in [1.29, 1.82) is 0 Å². The van der Waals surface area contributed by atoms with Crippen molar-refractivity contribution in [2.24, 2.45) is 0 Å². The first-order chi connectivity index (χ1) is 19.5.